The number of benzene rings is 3. The SMILES string of the molecule is CNC(=O)c1c(F)cccc1Nc1nc(Nc2cc3c(cc2OC)CCN3C(=O)CN(C)C(=O)CCOCCOCCOCCOCCC(=O)NC(C(=O)N2C[C@H](O)C[C@H]2C(=O)NCc2ccc(-c3scnc3C)cc2)C(C)(C)C)nc2[nH]ccc12. The highest BCUT2D eigenvalue weighted by Gasteiger charge is 2.44. The van der Waals surface area contributed by atoms with Crippen molar-refractivity contribution in [2.24, 2.45) is 5.41 Å². The van der Waals surface area contributed by atoms with Crippen molar-refractivity contribution in [2.75, 3.05) is 109 Å². The van der Waals surface area contributed by atoms with Crippen LogP contribution in [0, 0.1) is 18.2 Å². The number of ether oxygens (including phenoxy) is 5. The molecular formula is C60H75FN12O12S. The van der Waals surface area contributed by atoms with Crippen molar-refractivity contribution < 1.29 is 61.9 Å². The molecule has 7 N–H and O–H groups in total. The average molecular weight is 1210 g/mol. The molecule has 8 rings (SSSR count). The van der Waals surface area contributed by atoms with E-state index < -0.39 is 47.1 Å². The number of halogens is 1. The summed E-state index contributed by atoms with van der Waals surface area (Å²) in [6.45, 7) is 9.63. The summed E-state index contributed by atoms with van der Waals surface area (Å²) in [6.07, 6.45) is 1.47. The van der Waals surface area contributed by atoms with E-state index in [1.165, 1.54) is 36.1 Å². The van der Waals surface area contributed by atoms with Crippen LogP contribution >= 0.6 is 11.3 Å². The molecule has 1 fully saturated rings. The molecule has 0 spiro atoms. The van der Waals surface area contributed by atoms with Crippen molar-refractivity contribution in [1.29, 1.82) is 0 Å². The van der Waals surface area contributed by atoms with E-state index in [1.54, 1.807) is 53.2 Å². The summed E-state index contributed by atoms with van der Waals surface area (Å²) in [5.74, 6) is -2.19. The number of H-pyrrole nitrogens is 1. The molecule has 2 aliphatic heterocycles. The maximum Gasteiger partial charge on any atom is 0.256 e. The highest BCUT2D eigenvalue weighted by atomic mass is 32.1. The molecule has 2 aliphatic rings. The number of likely N-dealkylation sites (N-methyl/N-ethyl adjacent to an activating group) is 1. The van der Waals surface area contributed by atoms with Crippen molar-refractivity contribution in [3.63, 3.8) is 0 Å². The Morgan fingerprint density at radius 3 is 2.26 bits per heavy atom. The van der Waals surface area contributed by atoms with E-state index in [0.717, 1.165) is 27.3 Å². The number of carbonyl (C=O) groups excluding carboxylic acids is 6. The Kier molecular flexibility index (Phi) is 22.1. The molecule has 6 aromatic rings. The van der Waals surface area contributed by atoms with Crippen LogP contribution in [0.1, 0.15) is 67.2 Å². The lowest BCUT2D eigenvalue weighted by atomic mass is 9.85. The number of amides is 6. The van der Waals surface area contributed by atoms with Crippen LogP contribution in [-0.2, 0) is 55.9 Å². The number of aryl methyl sites for hydroxylation is 1. The highest BCUT2D eigenvalue weighted by Crippen LogP contribution is 2.39. The van der Waals surface area contributed by atoms with E-state index in [0.29, 0.717) is 46.9 Å². The second-order valence-electron chi connectivity index (χ2n) is 21.7. The summed E-state index contributed by atoms with van der Waals surface area (Å²) in [6, 6.07) is 15.6. The van der Waals surface area contributed by atoms with Crippen molar-refractivity contribution in [2.45, 2.75) is 78.1 Å². The van der Waals surface area contributed by atoms with Crippen LogP contribution in [0.15, 0.2) is 72.4 Å². The first kappa shape index (κ1) is 63.9. The molecule has 1 saturated heterocycles. The number of anilines is 5. The summed E-state index contributed by atoms with van der Waals surface area (Å²) in [4.78, 5) is 102. The van der Waals surface area contributed by atoms with E-state index in [4.69, 9.17) is 23.7 Å². The zero-order chi connectivity index (χ0) is 61.5. The van der Waals surface area contributed by atoms with Gasteiger partial charge in [-0.15, -0.1) is 11.3 Å². The number of aliphatic hydroxyl groups is 1. The lowest BCUT2D eigenvalue weighted by molar-refractivity contribution is -0.144. The molecular weight excluding hydrogens is 1130 g/mol. The van der Waals surface area contributed by atoms with Gasteiger partial charge < -0.3 is 75.1 Å². The number of nitrogens with zero attached hydrogens (tertiary/aromatic N) is 6. The molecule has 0 bridgehead atoms. The predicted molar refractivity (Wildman–Crippen MR) is 321 cm³/mol. The molecule has 3 atom stereocenters. The molecule has 24 nitrogen and oxygen atoms in total. The summed E-state index contributed by atoms with van der Waals surface area (Å²) in [5, 5.41) is 25.7. The first-order valence-electron chi connectivity index (χ1n) is 28.3. The van der Waals surface area contributed by atoms with Gasteiger partial charge in [0.25, 0.3) is 5.91 Å². The number of hydrogen-bond acceptors (Lipinski definition) is 18. The second kappa shape index (κ2) is 29.8. The van der Waals surface area contributed by atoms with Gasteiger partial charge in [-0.1, -0.05) is 51.1 Å². The fourth-order valence-corrected chi connectivity index (χ4v) is 10.7. The molecule has 0 aliphatic carbocycles. The standard InChI is InChI=1S/C60H75FN12O12S/c1-36-52(86-35-65-36)38-13-11-37(12-14-38)32-64-56(78)46-30-40(74)33-73(46)58(80)53(60(2,3)4)68-48(75)17-21-82-23-25-84-27-28-85-26-24-83-22-18-49(76)71(6)34-50(77)72-20-16-39-29-47(81-7)44(31-45(39)72)67-59-69-54-41(15-19-63-54)55(70-59)66-43-10-8-9-42(61)51(43)57(79)62-5/h8-15,19,29,31,35,40,46,53,74H,16-18,20-28,30,32-34H2,1-7H3,(H,62,79)(H,64,78)(H,68,75)(H3,63,66,67,69,70)/t40-,46+,53?/m1/s1. The zero-order valence-electron chi connectivity index (χ0n) is 49.4. The fourth-order valence-electron chi connectivity index (χ4n) is 9.93. The lowest BCUT2D eigenvalue weighted by Crippen LogP contribution is -2.57. The van der Waals surface area contributed by atoms with Crippen LogP contribution in [0.2, 0.25) is 0 Å². The third kappa shape index (κ3) is 16.4. The third-order valence-corrected chi connectivity index (χ3v) is 15.5. The number of aliphatic hydroxyl groups excluding tert-OH is 1. The van der Waals surface area contributed by atoms with Crippen LogP contribution in [0.3, 0.4) is 0 Å². The maximum atomic E-state index is 14.8. The van der Waals surface area contributed by atoms with Gasteiger partial charge in [0.05, 0.1) is 117 Å². The van der Waals surface area contributed by atoms with Crippen LogP contribution in [0.4, 0.5) is 33.2 Å². The number of aromatic amines is 1. The average Bonchev–Trinajstić information content (AvgIpc) is 2.11. The number of likely N-dealkylation sites (tertiary alicyclic amines) is 1. The Balaban J connectivity index is 0.685. The van der Waals surface area contributed by atoms with E-state index in [1.807, 2.05) is 58.0 Å². The van der Waals surface area contributed by atoms with E-state index in [-0.39, 0.29) is 127 Å². The van der Waals surface area contributed by atoms with Crippen LogP contribution in [0.25, 0.3) is 21.5 Å². The topological polar surface area (TPSA) is 293 Å². The van der Waals surface area contributed by atoms with Crippen molar-refractivity contribution >= 4 is 86.6 Å². The zero-order valence-corrected chi connectivity index (χ0v) is 50.2. The van der Waals surface area contributed by atoms with Gasteiger partial charge in [0.2, 0.25) is 35.5 Å². The van der Waals surface area contributed by atoms with Gasteiger partial charge in [0.15, 0.2) is 0 Å². The maximum absolute atomic E-state index is 14.8. The number of aromatic nitrogens is 4. The van der Waals surface area contributed by atoms with Crippen molar-refractivity contribution in [1.82, 2.24) is 45.7 Å². The minimum Gasteiger partial charge on any atom is -0.495 e. The number of fused-ring (bicyclic) bond motifs is 2. The Hall–Kier alpha value is -8.14. The molecule has 3 aromatic carbocycles. The summed E-state index contributed by atoms with van der Waals surface area (Å²) < 4.78 is 43.0. The molecule has 1 unspecified atom stereocenters. The Morgan fingerprint density at radius 2 is 1.59 bits per heavy atom. The summed E-state index contributed by atoms with van der Waals surface area (Å²) in [7, 11) is 4.50. The molecule has 0 radical (unpaired) electrons. The summed E-state index contributed by atoms with van der Waals surface area (Å²) >= 11 is 1.56. The van der Waals surface area contributed by atoms with Gasteiger partial charge in [-0.25, -0.2) is 9.37 Å². The fraction of sp³-hybridized carbons (Fsp3) is 0.450. The molecule has 460 valence electrons. The van der Waals surface area contributed by atoms with Crippen molar-refractivity contribution in [3.8, 4) is 16.2 Å². The number of methoxy groups -OCH3 is 1. The van der Waals surface area contributed by atoms with Gasteiger partial charge in [-0.3, -0.25) is 28.8 Å². The molecule has 0 saturated carbocycles. The minimum atomic E-state index is -0.963. The number of hydrogen-bond donors (Lipinski definition) is 7. The number of rotatable bonds is 29. The lowest BCUT2D eigenvalue weighted by Gasteiger charge is -2.35. The number of β-amino-alcohol motifs (C(OH)–C–C–N with tert-alkyl or cyclic N) is 1. The monoisotopic (exact) mass is 1210 g/mol. The predicted octanol–water partition coefficient (Wildman–Crippen LogP) is 5.39. The van der Waals surface area contributed by atoms with E-state index in [9.17, 15) is 38.3 Å². The third-order valence-electron chi connectivity index (χ3n) is 14.5. The first-order valence-corrected chi connectivity index (χ1v) is 29.2. The molecule has 26 heteroatoms. The first-order chi connectivity index (χ1) is 41.3. The van der Waals surface area contributed by atoms with Crippen molar-refractivity contribution in [3.05, 3.63) is 101 Å². The van der Waals surface area contributed by atoms with Crippen LogP contribution < -0.4 is 36.2 Å². The van der Waals surface area contributed by atoms with E-state index in [2.05, 4.69) is 46.5 Å². The largest absolute Gasteiger partial charge is 0.495 e. The normalized spacial score (nSPS) is 15.1. The number of carbonyl (C=O) groups is 6. The molecule has 3 aromatic heterocycles. The Labute approximate surface area is 501 Å². The Bertz CT molecular complexity index is 3360. The smallest absolute Gasteiger partial charge is 0.256 e. The number of thiazole rings is 1. The van der Waals surface area contributed by atoms with Gasteiger partial charge in [0.1, 0.15) is 35.1 Å². The van der Waals surface area contributed by atoms with Gasteiger partial charge >= 0.3 is 0 Å². The minimum absolute atomic E-state index is 0.0128. The summed E-state index contributed by atoms with van der Waals surface area (Å²) in [5.41, 5.74) is 6.41. The molecule has 86 heavy (non-hydrogen) atoms. The number of nitrogens with one attached hydrogen (secondary N) is 6. The second-order valence-corrected chi connectivity index (χ2v) is 22.6. The quantitative estimate of drug-likeness (QED) is 0.0290. The van der Waals surface area contributed by atoms with E-state index >= 15 is 0 Å². The van der Waals surface area contributed by atoms with Gasteiger partial charge in [0, 0.05) is 58.5 Å². The van der Waals surface area contributed by atoms with Crippen LogP contribution in [-0.4, -0.2) is 182 Å². The van der Waals surface area contributed by atoms with Gasteiger partial charge in [-0.2, -0.15) is 9.97 Å². The highest BCUT2D eigenvalue weighted by molar-refractivity contribution is 7.13. The molecule has 5 heterocycles. The van der Waals surface area contributed by atoms with Crippen LogP contribution in [0.5, 0.6) is 5.75 Å². The molecule has 6 amide bonds. The van der Waals surface area contributed by atoms with Gasteiger partial charge in [-0.05, 0) is 65.8 Å². The Morgan fingerprint density at radius 1 is 0.895 bits per heavy atom.